The lowest BCUT2D eigenvalue weighted by Gasteiger charge is -2.13. The van der Waals surface area contributed by atoms with Gasteiger partial charge in [-0.05, 0) is 30.0 Å². The van der Waals surface area contributed by atoms with Crippen molar-refractivity contribution in [3.63, 3.8) is 0 Å². The topological polar surface area (TPSA) is 29.0 Å². The van der Waals surface area contributed by atoms with E-state index in [9.17, 15) is 0 Å². The zero-order chi connectivity index (χ0) is 10.8. The number of anilines is 1. The second-order valence-electron chi connectivity index (χ2n) is 3.61. The molecule has 2 rings (SSSR count). The van der Waals surface area contributed by atoms with Gasteiger partial charge in [0.15, 0.2) is 5.82 Å². The molecule has 0 aliphatic heterocycles. The average molecular weight is 219 g/mol. The fourth-order valence-corrected chi connectivity index (χ4v) is 2.15. The molecular weight excluding hydrogens is 206 g/mol. The lowest BCUT2D eigenvalue weighted by Crippen LogP contribution is -2.13. The van der Waals surface area contributed by atoms with Crippen molar-refractivity contribution in [3.8, 4) is 10.6 Å². The summed E-state index contributed by atoms with van der Waals surface area (Å²) in [5.74, 6) is 0.926. The summed E-state index contributed by atoms with van der Waals surface area (Å²) in [5.41, 5.74) is 2.10. The number of rotatable bonds is 2. The van der Waals surface area contributed by atoms with E-state index < -0.39 is 0 Å². The van der Waals surface area contributed by atoms with Crippen LogP contribution >= 0.6 is 11.3 Å². The number of nitrogens with zero attached hydrogens (tertiary/aromatic N) is 3. The summed E-state index contributed by atoms with van der Waals surface area (Å²) in [4.78, 5) is 3.14. The van der Waals surface area contributed by atoms with E-state index in [1.165, 1.54) is 0 Å². The zero-order valence-electron chi connectivity index (χ0n) is 9.06. The third kappa shape index (κ3) is 1.99. The van der Waals surface area contributed by atoms with Gasteiger partial charge in [-0.3, -0.25) is 0 Å². The second kappa shape index (κ2) is 3.98. The van der Waals surface area contributed by atoms with Crippen LogP contribution in [0.15, 0.2) is 23.6 Å². The Morgan fingerprint density at radius 3 is 2.60 bits per heavy atom. The molecule has 2 aromatic heterocycles. The number of aromatic nitrogens is 2. The van der Waals surface area contributed by atoms with Gasteiger partial charge in [0.2, 0.25) is 0 Å². The molecule has 15 heavy (non-hydrogen) atoms. The number of hydrogen-bond acceptors (Lipinski definition) is 4. The van der Waals surface area contributed by atoms with E-state index in [0.29, 0.717) is 0 Å². The van der Waals surface area contributed by atoms with Crippen molar-refractivity contribution < 1.29 is 0 Å². The van der Waals surface area contributed by atoms with Gasteiger partial charge in [0.1, 0.15) is 5.69 Å². The van der Waals surface area contributed by atoms with E-state index in [0.717, 1.165) is 22.0 Å². The van der Waals surface area contributed by atoms with E-state index in [1.54, 1.807) is 11.3 Å². The Bertz CT molecular complexity index is 449. The smallest absolute Gasteiger partial charge is 0.153 e. The Labute approximate surface area is 93.4 Å². The third-order valence-electron chi connectivity index (χ3n) is 2.16. The molecule has 0 saturated heterocycles. The quantitative estimate of drug-likeness (QED) is 0.777. The summed E-state index contributed by atoms with van der Waals surface area (Å²) < 4.78 is 0. The maximum atomic E-state index is 4.22. The Balaban J connectivity index is 2.42. The van der Waals surface area contributed by atoms with Gasteiger partial charge < -0.3 is 4.90 Å². The molecule has 0 bridgehead atoms. The number of thiophene rings is 1. The Kier molecular flexibility index (Phi) is 2.68. The predicted octanol–water partition coefficient (Wildman–Crippen LogP) is 2.58. The van der Waals surface area contributed by atoms with Crippen LogP contribution in [0, 0.1) is 6.92 Å². The minimum Gasteiger partial charge on any atom is -0.361 e. The summed E-state index contributed by atoms with van der Waals surface area (Å²) in [5, 5.41) is 10.5. The highest BCUT2D eigenvalue weighted by Crippen LogP contribution is 2.24. The highest BCUT2D eigenvalue weighted by molar-refractivity contribution is 7.13. The summed E-state index contributed by atoms with van der Waals surface area (Å²) in [7, 11) is 3.95. The molecule has 0 N–H and O–H groups in total. The molecule has 78 valence electrons. The van der Waals surface area contributed by atoms with Crippen LogP contribution in [0.5, 0.6) is 0 Å². The normalized spacial score (nSPS) is 10.3. The van der Waals surface area contributed by atoms with Crippen molar-refractivity contribution in [2.45, 2.75) is 6.92 Å². The van der Waals surface area contributed by atoms with Gasteiger partial charge in [0.05, 0.1) is 4.88 Å². The first-order valence-electron chi connectivity index (χ1n) is 4.74. The fourth-order valence-electron chi connectivity index (χ4n) is 1.47. The van der Waals surface area contributed by atoms with Crippen LogP contribution in [0.25, 0.3) is 10.6 Å². The molecular formula is C11H13N3S. The van der Waals surface area contributed by atoms with Crippen LogP contribution in [-0.4, -0.2) is 24.3 Å². The van der Waals surface area contributed by atoms with Crippen molar-refractivity contribution in [3.05, 3.63) is 29.1 Å². The summed E-state index contributed by atoms with van der Waals surface area (Å²) >= 11 is 1.68. The molecule has 0 aliphatic rings. The van der Waals surface area contributed by atoms with Gasteiger partial charge >= 0.3 is 0 Å². The Morgan fingerprint density at radius 2 is 2.07 bits per heavy atom. The second-order valence-corrected chi connectivity index (χ2v) is 4.56. The first-order valence-corrected chi connectivity index (χ1v) is 5.62. The van der Waals surface area contributed by atoms with Gasteiger partial charge in [-0.25, -0.2) is 0 Å². The molecule has 2 aromatic rings. The molecule has 0 radical (unpaired) electrons. The molecule has 0 aromatic carbocycles. The summed E-state index contributed by atoms with van der Waals surface area (Å²) in [6, 6.07) is 6.16. The van der Waals surface area contributed by atoms with Crippen molar-refractivity contribution in [1.82, 2.24) is 10.2 Å². The molecule has 2 heterocycles. The monoisotopic (exact) mass is 219 g/mol. The maximum Gasteiger partial charge on any atom is 0.153 e. The highest BCUT2D eigenvalue weighted by Gasteiger charge is 2.07. The van der Waals surface area contributed by atoms with E-state index in [4.69, 9.17) is 0 Å². The third-order valence-corrected chi connectivity index (χ3v) is 3.05. The van der Waals surface area contributed by atoms with Crippen molar-refractivity contribution >= 4 is 17.2 Å². The minimum atomic E-state index is 0.926. The molecule has 0 saturated carbocycles. The standard InChI is InChI=1S/C11H13N3S/c1-8-7-9(10-5-4-6-15-10)12-13-11(8)14(2)3/h4-7H,1-3H3. The molecule has 4 heteroatoms. The van der Waals surface area contributed by atoms with E-state index in [1.807, 2.05) is 30.4 Å². The van der Waals surface area contributed by atoms with Gasteiger partial charge in [0.25, 0.3) is 0 Å². The number of hydrogen-bond donors (Lipinski definition) is 0. The van der Waals surface area contributed by atoms with Gasteiger partial charge in [-0.2, -0.15) is 0 Å². The SMILES string of the molecule is Cc1cc(-c2cccs2)nnc1N(C)C. The van der Waals surface area contributed by atoms with Crippen LogP contribution in [0.1, 0.15) is 5.56 Å². The predicted molar refractivity (Wildman–Crippen MR) is 64.4 cm³/mol. The van der Waals surface area contributed by atoms with Crippen LogP contribution in [0.4, 0.5) is 5.82 Å². The van der Waals surface area contributed by atoms with Crippen molar-refractivity contribution in [1.29, 1.82) is 0 Å². The van der Waals surface area contributed by atoms with Gasteiger partial charge in [-0.1, -0.05) is 6.07 Å². The van der Waals surface area contributed by atoms with Crippen LogP contribution in [-0.2, 0) is 0 Å². The average Bonchev–Trinajstić information content (AvgIpc) is 2.69. The van der Waals surface area contributed by atoms with Crippen molar-refractivity contribution in [2.24, 2.45) is 0 Å². The summed E-state index contributed by atoms with van der Waals surface area (Å²) in [6.45, 7) is 2.06. The summed E-state index contributed by atoms with van der Waals surface area (Å²) in [6.07, 6.45) is 0. The molecule has 0 atom stereocenters. The molecule has 0 unspecified atom stereocenters. The molecule has 3 nitrogen and oxygen atoms in total. The zero-order valence-corrected chi connectivity index (χ0v) is 9.88. The Morgan fingerprint density at radius 1 is 1.27 bits per heavy atom. The first kappa shape index (κ1) is 10.1. The van der Waals surface area contributed by atoms with E-state index in [2.05, 4.69) is 29.3 Å². The van der Waals surface area contributed by atoms with Crippen LogP contribution in [0.3, 0.4) is 0 Å². The highest BCUT2D eigenvalue weighted by atomic mass is 32.1. The van der Waals surface area contributed by atoms with E-state index in [-0.39, 0.29) is 0 Å². The maximum absolute atomic E-state index is 4.22. The van der Waals surface area contributed by atoms with Crippen LogP contribution < -0.4 is 4.90 Å². The van der Waals surface area contributed by atoms with Crippen molar-refractivity contribution in [2.75, 3.05) is 19.0 Å². The van der Waals surface area contributed by atoms with Crippen LogP contribution in [0.2, 0.25) is 0 Å². The van der Waals surface area contributed by atoms with E-state index >= 15 is 0 Å². The lowest BCUT2D eigenvalue weighted by molar-refractivity contribution is 0.955. The molecule has 0 aliphatic carbocycles. The largest absolute Gasteiger partial charge is 0.361 e. The molecule has 0 amide bonds. The number of aryl methyl sites for hydroxylation is 1. The van der Waals surface area contributed by atoms with Gasteiger partial charge in [-0.15, -0.1) is 21.5 Å². The lowest BCUT2D eigenvalue weighted by atomic mass is 10.2. The fraction of sp³-hybridized carbons (Fsp3) is 0.273. The van der Waals surface area contributed by atoms with Gasteiger partial charge in [0, 0.05) is 14.1 Å². The minimum absolute atomic E-state index is 0.926. The Hall–Kier alpha value is -1.42. The molecule has 0 fully saturated rings. The molecule has 0 spiro atoms. The first-order chi connectivity index (χ1) is 7.18.